The molecule has 0 aliphatic heterocycles. The third-order valence-corrected chi connectivity index (χ3v) is 6.37. The highest BCUT2D eigenvalue weighted by Crippen LogP contribution is 2.32. The van der Waals surface area contributed by atoms with Crippen LogP contribution in [-0.4, -0.2) is 31.1 Å². The number of ether oxygens (including phenoxy) is 2. The highest BCUT2D eigenvalue weighted by Gasteiger charge is 2.15. The van der Waals surface area contributed by atoms with Gasteiger partial charge < -0.3 is 14.8 Å². The lowest BCUT2D eigenvalue weighted by Crippen LogP contribution is -2.18. The van der Waals surface area contributed by atoms with Gasteiger partial charge in [0.15, 0.2) is 5.75 Å². The van der Waals surface area contributed by atoms with Crippen molar-refractivity contribution in [3.8, 4) is 11.5 Å². The third kappa shape index (κ3) is 7.40. The van der Waals surface area contributed by atoms with Crippen molar-refractivity contribution in [1.82, 2.24) is 5.43 Å². The summed E-state index contributed by atoms with van der Waals surface area (Å²) in [7, 11) is 1.52. The monoisotopic (exact) mass is 649 g/mol. The number of carbonyl (C=O) groups is 3. The van der Waals surface area contributed by atoms with Gasteiger partial charge in [-0.2, -0.15) is 5.10 Å². The number of amides is 2. The molecule has 196 valence electrons. The molecule has 0 spiro atoms. The molecule has 0 heterocycles. The molecule has 10 heteroatoms. The van der Waals surface area contributed by atoms with E-state index < -0.39 is 11.9 Å². The minimum atomic E-state index is -0.537. The van der Waals surface area contributed by atoms with Crippen molar-refractivity contribution in [2.24, 2.45) is 5.10 Å². The van der Waals surface area contributed by atoms with E-state index in [0.717, 1.165) is 0 Å². The molecule has 2 N–H and O–H groups in total. The predicted octanol–water partition coefficient (Wildman–Crippen LogP) is 6.46. The third-order valence-electron chi connectivity index (χ3n) is 5.33. The number of hydrazone groups is 1. The molecule has 0 saturated heterocycles. The van der Waals surface area contributed by atoms with Crippen LogP contribution in [0.15, 0.2) is 105 Å². The minimum Gasteiger partial charge on any atom is -0.497 e. The number of hydrogen-bond donors (Lipinski definition) is 2. The largest absolute Gasteiger partial charge is 0.497 e. The van der Waals surface area contributed by atoms with Gasteiger partial charge >= 0.3 is 5.97 Å². The maximum absolute atomic E-state index is 12.7. The van der Waals surface area contributed by atoms with E-state index in [1.165, 1.54) is 19.4 Å². The Bertz CT molecular complexity index is 1560. The summed E-state index contributed by atoms with van der Waals surface area (Å²) in [6, 6.07) is 25.2. The predicted molar refractivity (Wildman–Crippen MR) is 156 cm³/mol. The van der Waals surface area contributed by atoms with E-state index in [-0.39, 0.29) is 17.2 Å². The molecular formula is C29H21Br2N3O5. The molecule has 0 aliphatic rings. The summed E-state index contributed by atoms with van der Waals surface area (Å²) in [5.74, 6) is -0.579. The lowest BCUT2D eigenvalue weighted by molar-refractivity contribution is 0.0732. The van der Waals surface area contributed by atoms with Gasteiger partial charge in [-0.3, -0.25) is 9.59 Å². The van der Waals surface area contributed by atoms with Gasteiger partial charge in [-0.1, -0.05) is 46.3 Å². The topological polar surface area (TPSA) is 106 Å². The summed E-state index contributed by atoms with van der Waals surface area (Å²) in [5, 5.41) is 6.81. The Kier molecular flexibility index (Phi) is 9.24. The Balaban J connectivity index is 1.45. The molecule has 4 rings (SSSR count). The van der Waals surface area contributed by atoms with Gasteiger partial charge in [0.1, 0.15) is 5.75 Å². The van der Waals surface area contributed by atoms with Crippen LogP contribution < -0.4 is 20.2 Å². The van der Waals surface area contributed by atoms with Gasteiger partial charge in [0.25, 0.3) is 11.8 Å². The molecule has 4 aromatic carbocycles. The highest BCUT2D eigenvalue weighted by molar-refractivity contribution is 9.11. The van der Waals surface area contributed by atoms with Crippen LogP contribution in [0.25, 0.3) is 0 Å². The van der Waals surface area contributed by atoms with Crippen molar-refractivity contribution < 1.29 is 23.9 Å². The summed E-state index contributed by atoms with van der Waals surface area (Å²) in [6.07, 6.45) is 1.37. The average Bonchev–Trinajstić information content (AvgIpc) is 2.95. The molecular weight excluding hydrogens is 630 g/mol. The first kappa shape index (κ1) is 27.7. The van der Waals surface area contributed by atoms with Crippen LogP contribution in [0.3, 0.4) is 0 Å². The Labute approximate surface area is 241 Å². The van der Waals surface area contributed by atoms with E-state index in [0.29, 0.717) is 37.1 Å². The minimum absolute atomic E-state index is 0.243. The van der Waals surface area contributed by atoms with Crippen molar-refractivity contribution in [3.05, 3.63) is 122 Å². The van der Waals surface area contributed by atoms with Crippen molar-refractivity contribution in [2.45, 2.75) is 0 Å². The van der Waals surface area contributed by atoms with Crippen molar-refractivity contribution in [2.75, 3.05) is 12.4 Å². The van der Waals surface area contributed by atoms with Gasteiger partial charge in [-0.25, -0.2) is 10.2 Å². The molecule has 0 unspecified atom stereocenters. The quantitative estimate of drug-likeness (QED) is 0.0986. The van der Waals surface area contributed by atoms with Crippen molar-refractivity contribution in [1.29, 1.82) is 0 Å². The van der Waals surface area contributed by atoms with Crippen molar-refractivity contribution in [3.63, 3.8) is 0 Å². The zero-order valence-electron chi connectivity index (χ0n) is 20.5. The standard InChI is InChI=1S/C29H21Br2N3O5/c1-38-24-12-6-10-20(15-24)27(35)33-23-11-5-9-19(14-23)28(36)34-32-17-21-13-22(30)16-25(31)26(21)39-29(37)18-7-3-2-4-8-18/h2-17H,1H3,(H,33,35)(H,34,36). The van der Waals surface area contributed by atoms with Crippen LogP contribution in [0.1, 0.15) is 36.6 Å². The van der Waals surface area contributed by atoms with Gasteiger partial charge in [0.2, 0.25) is 0 Å². The first-order valence-electron chi connectivity index (χ1n) is 11.5. The molecule has 8 nitrogen and oxygen atoms in total. The second-order valence-electron chi connectivity index (χ2n) is 8.03. The summed E-state index contributed by atoms with van der Waals surface area (Å²) in [5.41, 5.74) is 4.42. The zero-order chi connectivity index (χ0) is 27.8. The molecule has 0 aliphatic carbocycles. The normalized spacial score (nSPS) is 10.6. The van der Waals surface area contributed by atoms with Gasteiger partial charge in [0, 0.05) is 26.9 Å². The van der Waals surface area contributed by atoms with Crippen LogP contribution in [0.5, 0.6) is 11.5 Å². The fourth-order valence-corrected chi connectivity index (χ4v) is 4.78. The van der Waals surface area contributed by atoms with Crippen LogP contribution in [0, 0.1) is 0 Å². The molecule has 0 fully saturated rings. The number of anilines is 1. The maximum Gasteiger partial charge on any atom is 0.343 e. The summed E-state index contributed by atoms with van der Waals surface area (Å²) in [6.45, 7) is 0. The van der Waals surface area contributed by atoms with Crippen LogP contribution >= 0.6 is 31.9 Å². The second kappa shape index (κ2) is 13.0. The van der Waals surface area contributed by atoms with E-state index >= 15 is 0 Å². The fraction of sp³-hybridized carbons (Fsp3) is 0.0345. The highest BCUT2D eigenvalue weighted by atomic mass is 79.9. The number of nitrogens with zero attached hydrogens (tertiary/aromatic N) is 1. The number of carbonyl (C=O) groups excluding carboxylic acids is 3. The zero-order valence-corrected chi connectivity index (χ0v) is 23.7. The Morgan fingerprint density at radius 1 is 0.795 bits per heavy atom. The lowest BCUT2D eigenvalue weighted by Gasteiger charge is -2.10. The van der Waals surface area contributed by atoms with Crippen molar-refractivity contribution >= 4 is 61.5 Å². The molecule has 2 amide bonds. The molecule has 0 radical (unpaired) electrons. The molecule has 0 aromatic heterocycles. The summed E-state index contributed by atoms with van der Waals surface area (Å²) >= 11 is 6.82. The van der Waals surface area contributed by atoms with E-state index in [4.69, 9.17) is 9.47 Å². The van der Waals surface area contributed by atoms with E-state index in [1.807, 2.05) is 0 Å². The Morgan fingerprint density at radius 3 is 2.23 bits per heavy atom. The molecule has 0 bridgehead atoms. The number of hydrogen-bond acceptors (Lipinski definition) is 6. The summed E-state index contributed by atoms with van der Waals surface area (Å²) < 4.78 is 12.0. The second-order valence-corrected chi connectivity index (χ2v) is 9.80. The van der Waals surface area contributed by atoms with Crippen LogP contribution in [0.4, 0.5) is 5.69 Å². The lowest BCUT2D eigenvalue weighted by atomic mass is 10.1. The maximum atomic E-state index is 12.7. The van der Waals surface area contributed by atoms with Crippen LogP contribution in [0.2, 0.25) is 0 Å². The molecule has 4 aromatic rings. The van der Waals surface area contributed by atoms with Gasteiger partial charge in [-0.15, -0.1) is 0 Å². The SMILES string of the molecule is COc1cccc(C(=O)Nc2cccc(C(=O)NN=Cc3cc(Br)cc(Br)c3OC(=O)c3ccccc3)c2)c1. The van der Waals surface area contributed by atoms with E-state index in [9.17, 15) is 14.4 Å². The van der Waals surface area contributed by atoms with E-state index in [2.05, 4.69) is 47.7 Å². The first-order chi connectivity index (χ1) is 18.8. The molecule has 0 saturated carbocycles. The van der Waals surface area contributed by atoms with Crippen LogP contribution in [-0.2, 0) is 0 Å². The number of rotatable bonds is 8. The number of nitrogens with one attached hydrogen (secondary N) is 2. The smallest absolute Gasteiger partial charge is 0.343 e. The van der Waals surface area contributed by atoms with Gasteiger partial charge in [-0.05, 0) is 76.6 Å². The average molecular weight is 651 g/mol. The van der Waals surface area contributed by atoms with Gasteiger partial charge in [0.05, 0.1) is 23.4 Å². The fourth-order valence-electron chi connectivity index (χ4n) is 3.44. The summed E-state index contributed by atoms with van der Waals surface area (Å²) in [4.78, 5) is 38.0. The Hall–Kier alpha value is -4.28. The number of methoxy groups -OCH3 is 1. The van der Waals surface area contributed by atoms with E-state index in [1.54, 1.807) is 84.9 Å². The Morgan fingerprint density at radius 2 is 1.49 bits per heavy atom. The molecule has 0 atom stereocenters. The first-order valence-corrected chi connectivity index (χ1v) is 13.1. The number of benzene rings is 4. The number of halogens is 2. The molecule has 39 heavy (non-hydrogen) atoms. The number of esters is 1.